The molecule has 14 heavy (non-hydrogen) atoms. The molecule has 0 unspecified atom stereocenters. The molecule has 0 radical (unpaired) electrons. The molecule has 0 aliphatic carbocycles. The van der Waals surface area contributed by atoms with Gasteiger partial charge in [-0.05, 0) is 6.07 Å². The van der Waals surface area contributed by atoms with Crippen LogP contribution in [0.25, 0.3) is 0 Å². The van der Waals surface area contributed by atoms with Crippen LogP contribution in [0.3, 0.4) is 0 Å². The van der Waals surface area contributed by atoms with Crippen LogP contribution in [-0.4, -0.2) is 35.0 Å². The van der Waals surface area contributed by atoms with Crippen LogP contribution in [-0.2, 0) is 4.79 Å². The Bertz CT molecular complexity index is 351. The van der Waals surface area contributed by atoms with Gasteiger partial charge in [0, 0.05) is 13.1 Å². The van der Waals surface area contributed by atoms with Crippen molar-refractivity contribution in [1.29, 1.82) is 0 Å². The first kappa shape index (κ1) is 8.80. The summed E-state index contributed by atoms with van der Waals surface area (Å²) >= 11 is 0. The normalized spacial score (nSPS) is 16.4. The maximum absolute atomic E-state index is 11.5. The van der Waals surface area contributed by atoms with E-state index in [9.17, 15) is 9.59 Å². The second kappa shape index (κ2) is 3.17. The number of likely N-dealkylation sites (tertiary alicyclic amines) is 1. The lowest BCUT2D eigenvalue weighted by Gasteiger charge is -2.36. The van der Waals surface area contributed by atoms with Crippen molar-refractivity contribution in [2.24, 2.45) is 5.92 Å². The predicted octanol–water partition coefficient (Wildman–Crippen LogP) is 0.436. The maximum Gasteiger partial charge on any atom is 0.310 e. The molecule has 1 aromatic rings. The number of hydrogen-bond acceptors (Lipinski definition) is 3. The number of aliphatic carboxylic acids is 1. The molecule has 0 bridgehead atoms. The summed E-state index contributed by atoms with van der Waals surface area (Å²) in [6.45, 7) is 0.582. The third-order valence-electron chi connectivity index (χ3n) is 2.29. The summed E-state index contributed by atoms with van der Waals surface area (Å²) in [7, 11) is 0. The lowest BCUT2D eigenvalue weighted by atomic mass is 10.00. The lowest BCUT2D eigenvalue weighted by molar-refractivity contribution is -0.146. The van der Waals surface area contributed by atoms with E-state index < -0.39 is 11.9 Å². The Labute approximate surface area is 79.9 Å². The molecule has 0 spiro atoms. The molecule has 2 heterocycles. The largest absolute Gasteiger partial charge is 0.481 e. The first-order valence-electron chi connectivity index (χ1n) is 4.23. The quantitative estimate of drug-likeness (QED) is 0.743. The average Bonchev–Trinajstić information content (AvgIpc) is 2.51. The van der Waals surface area contributed by atoms with Crippen LogP contribution in [0.5, 0.6) is 0 Å². The van der Waals surface area contributed by atoms with E-state index in [0.717, 1.165) is 0 Å². The van der Waals surface area contributed by atoms with Gasteiger partial charge in [0.1, 0.15) is 6.26 Å². The van der Waals surface area contributed by atoms with Crippen LogP contribution < -0.4 is 0 Å². The van der Waals surface area contributed by atoms with Crippen molar-refractivity contribution >= 4 is 11.9 Å². The van der Waals surface area contributed by atoms with Gasteiger partial charge in [-0.3, -0.25) is 9.59 Å². The second-order valence-electron chi connectivity index (χ2n) is 3.26. The van der Waals surface area contributed by atoms with E-state index in [4.69, 9.17) is 9.52 Å². The van der Waals surface area contributed by atoms with Gasteiger partial charge >= 0.3 is 5.97 Å². The van der Waals surface area contributed by atoms with Crippen molar-refractivity contribution in [2.45, 2.75) is 0 Å². The topological polar surface area (TPSA) is 70.8 Å². The van der Waals surface area contributed by atoms with E-state index in [0.29, 0.717) is 18.7 Å². The summed E-state index contributed by atoms with van der Waals surface area (Å²) in [4.78, 5) is 23.5. The summed E-state index contributed by atoms with van der Waals surface area (Å²) in [6, 6.07) is 1.57. The van der Waals surface area contributed by atoms with E-state index >= 15 is 0 Å². The fourth-order valence-corrected chi connectivity index (χ4v) is 1.37. The molecule has 1 saturated heterocycles. The average molecular weight is 195 g/mol. The first-order chi connectivity index (χ1) is 6.68. The van der Waals surface area contributed by atoms with Gasteiger partial charge in [-0.15, -0.1) is 0 Å². The molecule has 1 fully saturated rings. The van der Waals surface area contributed by atoms with E-state index in [-0.39, 0.29) is 5.91 Å². The van der Waals surface area contributed by atoms with Crippen molar-refractivity contribution in [2.75, 3.05) is 13.1 Å². The molecule has 5 nitrogen and oxygen atoms in total. The predicted molar refractivity (Wildman–Crippen MR) is 45.7 cm³/mol. The van der Waals surface area contributed by atoms with Gasteiger partial charge in [0.05, 0.1) is 17.7 Å². The number of rotatable bonds is 2. The third-order valence-corrected chi connectivity index (χ3v) is 2.29. The number of carboxylic acid groups (broad SMARTS) is 1. The maximum atomic E-state index is 11.5. The molecule has 74 valence electrons. The van der Waals surface area contributed by atoms with Crippen LogP contribution in [0.15, 0.2) is 23.0 Å². The Balaban J connectivity index is 1.95. The minimum absolute atomic E-state index is 0.170. The molecule has 1 aliphatic rings. The lowest BCUT2D eigenvalue weighted by Crippen LogP contribution is -2.52. The zero-order valence-electron chi connectivity index (χ0n) is 7.34. The van der Waals surface area contributed by atoms with Crippen molar-refractivity contribution in [3.8, 4) is 0 Å². The van der Waals surface area contributed by atoms with Crippen LogP contribution in [0.1, 0.15) is 10.4 Å². The molecule has 1 aromatic heterocycles. The van der Waals surface area contributed by atoms with Crippen LogP contribution in [0, 0.1) is 5.92 Å². The first-order valence-corrected chi connectivity index (χ1v) is 4.23. The van der Waals surface area contributed by atoms with E-state index in [1.165, 1.54) is 17.4 Å². The monoisotopic (exact) mass is 195 g/mol. The van der Waals surface area contributed by atoms with Crippen molar-refractivity contribution in [3.63, 3.8) is 0 Å². The van der Waals surface area contributed by atoms with Crippen molar-refractivity contribution < 1.29 is 19.1 Å². The summed E-state index contributed by atoms with van der Waals surface area (Å²) in [5, 5.41) is 8.61. The molecule has 5 heteroatoms. The summed E-state index contributed by atoms with van der Waals surface area (Å²) in [5.74, 6) is -1.43. The molecule has 1 N–H and O–H groups in total. The highest BCUT2D eigenvalue weighted by Gasteiger charge is 2.36. The van der Waals surface area contributed by atoms with Gasteiger partial charge in [-0.2, -0.15) is 0 Å². The highest BCUT2D eigenvalue weighted by Crippen LogP contribution is 2.18. The number of hydrogen-bond donors (Lipinski definition) is 1. The number of furan rings is 1. The van der Waals surface area contributed by atoms with Crippen LogP contribution in [0.2, 0.25) is 0 Å². The second-order valence-corrected chi connectivity index (χ2v) is 3.26. The number of nitrogens with zero attached hydrogens (tertiary/aromatic N) is 1. The summed E-state index contributed by atoms with van der Waals surface area (Å²) in [6.07, 6.45) is 2.78. The highest BCUT2D eigenvalue weighted by molar-refractivity contribution is 5.95. The third kappa shape index (κ3) is 1.37. The van der Waals surface area contributed by atoms with Gasteiger partial charge in [0.2, 0.25) is 0 Å². The Morgan fingerprint density at radius 1 is 1.50 bits per heavy atom. The van der Waals surface area contributed by atoms with Gasteiger partial charge < -0.3 is 14.4 Å². The standard InChI is InChI=1S/C9H9NO4/c11-8(6-1-2-14-5-6)10-3-7(4-10)9(12)13/h1-2,5,7H,3-4H2,(H,12,13). The number of carboxylic acids is 1. The Hall–Kier alpha value is -1.78. The van der Waals surface area contributed by atoms with Crippen molar-refractivity contribution in [1.82, 2.24) is 4.90 Å². The zero-order valence-corrected chi connectivity index (χ0v) is 7.34. The number of amides is 1. The zero-order chi connectivity index (χ0) is 10.1. The van der Waals surface area contributed by atoms with Gasteiger partial charge in [-0.25, -0.2) is 0 Å². The molecule has 2 rings (SSSR count). The summed E-state index contributed by atoms with van der Waals surface area (Å²) < 4.78 is 4.76. The highest BCUT2D eigenvalue weighted by atomic mass is 16.4. The Morgan fingerprint density at radius 3 is 2.71 bits per heavy atom. The molecule has 1 aliphatic heterocycles. The van der Waals surface area contributed by atoms with E-state index in [1.54, 1.807) is 6.07 Å². The van der Waals surface area contributed by atoms with Gasteiger partial charge in [0.15, 0.2) is 0 Å². The molecule has 0 aromatic carbocycles. The molecule has 0 saturated carbocycles. The summed E-state index contributed by atoms with van der Waals surface area (Å²) in [5.41, 5.74) is 0.467. The van der Waals surface area contributed by atoms with E-state index in [1.807, 2.05) is 0 Å². The Kier molecular flexibility index (Phi) is 1.99. The Morgan fingerprint density at radius 2 is 2.21 bits per heavy atom. The SMILES string of the molecule is O=C(O)C1CN(C(=O)c2ccoc2)C1. The molecule has 0 atom stereocenters. The van der Waals surface area contributed by atoms with Crippen molar-refractivity contribution in [3.05, 3.63) is 24.2 Å². The fraction of sp³-hybridized carbons (Fsp3) is 0.333. The molecule has 1 amide bonds. The molecular formula is C9H9NO4. The fourth-order valence-electron chi connectivity index (χ4n) is 1.37. The van der Waals surface area contributed by atoms with Gasteiger partial charge in [-0.1, -0.05) is 0 Å². The number of carbonyl (C=O) groups excluding carboxylic acids is 1. The van der Waals surface area contributed by atoms with Crippen LogP contribution >= 0.6 is 0 Å². The smallest absolute Gasteiger partial charge is 0.310 e. The van der Waals surface area contributed by atoms with Crippen LogP contribution in [0.4, 0.5) is 0 Å². The molecular weight excluding hydrogens is 186 g/mol. The van der Waals surface area contributed by atoms with E-state index in [2.05, 4.69) is 0 Å². The number of carbonyl (C=O) groups is 2. The minimum Gasteiger partial charge on any atom is -0.481 e. The minimum atomic E-state index is -0.846. The van der Waals surface area contributed by atoms with Gasteiger partial charge in [0.25, 0.3) is 5.91 Å².